The van der Waals surface area contributed by atoms with E-state index >= 15 is 0 Å². The number of hydrogen-bond donors (Lipinski definition) is 1. The summed E-state index contributed by atoms with van der Waals surface area (Å²) in [5.41, 5.74) is 5.15. The number of halogens is 1. The van der Waals surface area contributed by atoms with Gasteiger partial charge in [-0.25, -0.2) is 4.79 Å². The summed E-state index contributed by atoms with van der Waals surface area (Å²) in [4.78, 5) is 25.6. The molecule has 0 aliphatic rings. The topological polar surface area (TPSA) is 95.3 Å². The second kappa shape index (κ2) is 13.3. The number of benzene rings is 2. The van der Waals surface area contributed by atoms with Crippen LogP contribution in [0.15, 0.2) is 46.9 Å². The number of nitrogens with zero attached hydrogens (tertiary/aromatic N) is 3. The van der Waals surface area contributed by atoms with Gasteiger partial charge in [0.1, 0.15) is 22.1 Å². The van der Waals surface area contributed by atoms with Crippen LogP contribution in [0.1, 0.15) is 39.3 Å². The number of methoxy groups -OCH3 is 1. The number of rotatable bonds is 11. The molecule has 0 fully saturated rings. The number of anilines is 1. The number of carbonyl (C=O) groups is 2. The molecule has 11 heteroatoms. The summed E-state index contributed by atoms with van der Waals surface area (Å²) in [6.07, 6.45) is 1.44. The number of ether oxygens (including phenoxy) is 2. The highest BCUT2D eigenvalue weighted by Crippen LogP contribution is 2.38. The zero-order valence-corrected chi connectivity index (χ0v) is 25.4. The lowest BCUT2D eigenvalue weighted by Gasteiger charge is -2.10. The highest BCUT2D eigenvalue weighted by molar-refractivity contribution is 7.99. The molecular formula is C29H31ClN4O4S2. The second-order valence-electron chi connectivity index (χ2n) is 9.32. The van der Waals surface area contributed by atoms with Crippen molar-refractivity contribution in [3.8, 4) is 16.9 Å². The van der Waals surface area contributed by atoms with E-state index in [4.69, 9.17) is 21.1 Å². The summed E-state index contributed by atoms with van der Waals surface area (Å²) in [7, 11) is 3.22. The van der Waals surface area contributed by atoms with Gasteiger partial charge < -0.3 is 19.4 Å². The molecule has 40 heavy (non-hydrogen) atoms. The lowest BCUT2D eigenvalue weighted by atomic mass is 9.97. The van der Waals surface area contributed by atoms with E-state index in [0.717, 1.165) is 45.8 Å². The van der Waals surface area contributed by atoms with Crippen LogP contribution < -0.4 is 10.1 Å². The first-order chi connectivity index (χ1) is 19.2. The Bertz CT molecular complexity index is 1530. The van der Waals surface area contributed by atoms with E-state index in [1.54, 1.807) is 0 Å². The molecule has 0 aliphatic carbocycles. The summed E-state index contributed by atoms with van der Waals surface area (Å²) < 4.78 is 12.8. The molecule has 0 atom stereocenters. The van der Waals surface area contributed by atoms with Gasteiger partial charge >= 0.3 is 5.97 Å². The van der Waals surface area contributed by atoms with Crippen molar-refractivity contribution < 1.29 is 19.1 Å². The molecule has 0 aliphatic heterocycles. The van der Waals surface area contributed by atoms with Crippen molar-refractivity contribution in [2.24, 2.45) is 7.05 Å². The molecule has 0 spiro atoms. The third kappa shape index (κ3) is 7.04. The first-order valence-corrected chi connectivity index (χ1v) is 14.9. The van der Waals surface area contributed by atoms with Crippen molar-refractivity contribution >= 4 is 51.6 Å². The number of thioether (sulfide) groups is 1. The number of aryl methyl sites for hydroxylation is 4. The number of carbonyl (C=O) groups excluding carboxylic acids is 2. The average Bonchev–Trinajstić information content (AvgIpc) is 3.50. The van der Waals surface area contributed by atoms with Gasteiger partial charge in [0.25, 0.3) is 0 Å². The van der Waals surface area contributed by atoms with Crippen molar-refractivity contribution in [2.75, 3.05) is 24.8 Å². The van der Waals surface area contributed by atoms with Crippen LogP contribution in [0.4, 0.5) is 5.00 Å². The van der Waals surface area contributed by atoms with Crippen molar-refractivity contribution in [3.63, 3.8) is 0 Å². The smallest absolute Gasteiger partial charge is 0.341 e. The Morgan fingerprint density at radius 2 is 1.88 bits per heavy atom. The maximum absolute atomic E-state index is 12.9. The molecule has 4 rings (SSSR count). The Labute approximate surface area is 247 Å². The van der Waals surface area contributed by atoms with Crippen LogP contribution in [0.25, 0.3) is 11.1 Å². The van der Waals surface area contributed by atoms with Crippen LogP contribution in [0.5, 0.6) is 5.75 Å². The Kier molecular flexibility index (Phi) is 9.89. The maximum atomic E-state index is 12.9. The van der Waals surface area contributed by atoms with Crippen molar-refractivity contribution in [1.29, 1.82) is 0 Å². The standard InChI is InChI=1S/C29H31ClN4O4S2/c1-17-8-9-18(2)21(13-17)22-15-39-27(26(22)28(36)37-5)31-25(35)16-40-29-33-32-24(34(29)4)7-6-12-38-23-11-10-20(30)14-19(23)3/h8-11,13-15H,6-7,12,16H2,1-5H3,(H,31,35). The minimum atomic E-state index is -0.492. The number of nitrogens with one attached hydrogen (secondary N) is 1. The summed E-state index contributed by atoms with van der Waals surface area (Å²) in [5, 5.41) is 15.1. The van der Waals surface area contributed by atoms with E-state index in [1.807, 2.05) is 74.2 Å². The fourth-order valence-electron chi connectivity index (χ4n) is 4.15. The molecule has 4 aromatic rings. The van der Waals surface area contributed by atoms with Gasteiger partial charge in [-0.3, -0.25) is 4.79 Å². The predicted octanol–water partition coefficient (Wildman–Crippen LogP) is 6.65. The minimum absolute atomic E-state index is 0.113. The van der Waals surface area contributed by atoms with E-state index in [0.29, 0.717) is 33.8 Å². The number of hydrogen-bond acceptors (Lipinski definition) is 8. The largest absolute Gasteiger partial charge is 0.493 e. The normalized spacial score (nSPS) is 10.9. The molecule has 0 saturated heterocycles. The van der Waals surface area contributed by atoms with Crippen LogP contribution in [-0.2, 0) is 23.0 Å². The Morgan fingerprint density at radius 3 is 2.62 bits per heavy atom. The number of amides is 1. The van der Waals surface area contributed by atoms with Crippen LogP contribution >= 0.6 is 34.7 Å². The van der Waals surface area contributed by atoms with Gasteiger partial charge in [-0.1, -0.05) is 47.1 Å². The lowest BCUT2D eigenvalue weighted by molar-refractivity contribution is -0.113. The van der Waals surface area contributed by atoms with Gasteiger partial charge in [-0.2, -0.15) is 0 Å². The number of thiophene rings is 1. The molecule has 0 saturated carbocycles. The Balaban J connectivity index is 1.35. The zero-order valence-electron chi connectivity index (χ0n) is 23.0. The van der Waals surface area contributed by atoms with Crippen LogP contribution in [0.2, 0.25) is 5.02 Å². The van der Waals surface area contributed by atoms with Crippen LogP contribution in [-0.4, -0.2) is 46.1 Å². The molecule has 210 valence electrons. The van der Waals surface area contributed by atoms with Crippen molar-refractivity contribution in [3.05, 3.63) is 74.9 Å². The summed E-state index contributed by atoms with van der Waals surface area (Å²) in [5.74, 6) is 0.993. The van der Waals surface area contributed by atoms with Crippen LogP contribution in [0, 0.1) is 20.8 Å². The highest BCUT2D eigenvalue weighted by Gasteiger charge is 2.23. The maximum Gasteiger partial charge on any atom is 0.341 e. The van der Waals surface area contributed by atoms with Crippen molar-refractivity contribution in [2.45, 2.75) is 38.8 Å². The molecule has 2 aromatic carbocycles. The highest BCUT2D eigenvalue weighted by atomic mass is 35.5. The molecule has 2 heterocycles. The molecule has 8 nitrogen and oxygen atoms in total. The first kappa shape index (κ1) is 29.6. The van der Waals surface area contributed by atoms with Gasteiger partial charge in [0.05, 0.1) is 19.5 Å². The molecule has 1 amide bonds. The fraction of sp³-hybridized carbons (Fsp3) is 0.310. The minimum Gasteiger partial charge on any atom is -0.493 e. The molecule has 1 N–H and O–H groups in total. The van der Waals surface area contributed by atoms with E-state index in [2.05, 4.69) is 15.5 Å². The predicted molar refractivity (Wildman–Crippen MR) is 161 cm³/mol. The van der Waals surface area contributed by atoms with Crippen LogP contribution in [0.3, 0.4) is 0 Å². The quantitative estimate of drug-likeness (QED) is 0.117. The molecular weight excluding hydrogens is 568 g/mol. The average molecular weight is 599 g/mol. The van der Waals surface area contributed by atoms with Gasteiger partial charge in [0.2, 0.25) is 5.91 Å². The summed E-state index contributed by atoms with van der Waals surface area (Å²) >= 11 is 8.59. The van der Waals surface area contributed by atoms with E-state index in [9.17, 15) is 9.59 Å². The third-order valence-corrected chi connectivity index (χ3v) is 8.46. The lowest BCUT2D eigenvalue weighted by Crippen LogP contribution is -2.16. The number of aromatic nitrogens is 3. The summed E-state index contributed by atoms with van der Waals surface area (Å²) in [6, 6.07) is 11.6. The van der Waals surface area contributed by atoms with Gasteiger partial charge in [-0.15, -0.1) is 21.5 Å². The van der Waals surface area contributed by atoms with Gasteiger partial charge in [0.15, 0.2) is 5.16 Å². The van der Waals surface area contributed by atoms with E-state index in [1.165, 1.54) is 30.2 Å². The van der Waals surface area contributed by atoms with Crippen molar-refractivity contribution in [1.82, 2.24) is 14.8 Å². The molecule has 0 unspecified atom stereocenters. The molecule has 2 aromatic heterocycles. The summed E-state index contributed by atoms with van der Waals surface area (Å²) in [6.45, 7) is 6.49. The zero-order chi connectivity index (χ0) is 28.8. The van der Waals surface area contributed by atoms with E-state index < -0.39 is 5.97 Å². The molecule has 0 bridgehead atoms. The monoisotopic (exact) mass is 598 g/mol. The van der Waals surface area contributed by atoms with Gasteiger partial charge in [-0.05, 0) is 62.1 Å². The third-order valence-electron chi connectivity index (χ3n) is 6.31. The van der Waals surface area contributed by atoms with Gasteiger partial charge in [0, 0.05) is 29.4 Å². The Hall–Kier alpha value is -3.34. The SMILES string of the molecule is COC(=O)c1c(-c2cc(C)ccc2C)csc1NC(=O)CSc1nnc(CCCOc2ccc(Cl)cc2C)n1C. The second-order valence-corrected chi connectivity index (χ2v) is 11.6. The Morgan fingerprint density at radius 1 is 1.07 bits per heavy atom. The number of esters is 1. The first-order valence-electron chi connectivity index (χ1n) is 12.6. The molecule has 0 radical (unpaired) electrons. The fourth-order valence-corrected chi connectivity index (χ4v) is 6.07. The van der Waals surface area contributed by atoms with E-state index in [-0.39, 0.29) is 11.7 Å².